The largest absolute Gasteiger partial charge is 0.478 e. The highest BCUT2D eigenvalue weighted by Gasteiger charge is 2.42. The van der Waals surface area contributed by atoms with Crippen molar-refractivity contribution in [2.45, 2.75) is 37.9 Å². The number of hydrogen-bond donors (Lipinski definition) is 1. The van der Waals surface area contributed by atoms with E-state index in [-0.39, 0.29) is 24.4 Å². The van der Waals surface area contributed by atoms with Crippen LogP contribution in [0.25, 0.3) is 21.9 Å². The van der Waals surface area contributed by atoms with Crippen molar-refractivity contribution in [3.63, 3.8) is 0 Å². The fourth-order valence-corrected chi connectivity index (χ4v) is 4.08. The van der Waals surface area contributed by atoms with Crippen molar-refractivity contribution in [1.29, 1.82) is 0 Å². The van der Waals surface area contributed by atoms with E-state index in [0.717, 1.165) is 16.3 Å². The van der Waals surface area contributed by atoms with Gasteiger partial charge in [0.1, 0.15) is 0 Å². The highest BCUT2D eigenvalue weighted by atomic mass is 19.4. The number of halogens is 3. The third-order valence-corrected chi connectivity index (χ3v) is 5.36. The lowest BCUT2D eigenvalue weighted by atomic mass is 9.85. The summed E-state index contributed by atoms with van der Waals surface area (Å²) in [6.45, 7) is 0. The molecule has 0 bridgehead atoms. The normalized spacial score (nSPS) is 21.5. The van der Waals surface area contributed by atoms with E-state index in [1.807, 2.05) is 10.8 Å². The molecule has 0 aliphatic heterocycles. The van der Waals surface area contributed by atoms with Crippen molar-refractivity contribution >= 4 is 27.9 Å². The molecule has 8 heteroatoms. The van der Waals surface area contributed by atoms with Crippen molar-refractivity contribution in [3.8, 4) is 0 Å². The molecular formula is C18H18F3N3O2. The Morgan fingerprint density at radius 3 is 2.50 bits per heavy atom. The predicted molar refractivity (Wildman–Crippen MR) is 90.2 cm³/mol. The quantitative estimate of drug-likeness (QED) is 0.726. The Labute approximate surface area is 147 Å². The summed E-state index contributed by atoms with van der Waals surface area (Å²) in [6, 6.07) is 4.80. The van der Waals surface area contributed by atoms with Crippen LogP contribution in [0, 0.1) is 5.92 Å². The van der Waals surface area contributed by atoms with Gasteiger partial charge >= 0.3 is 12.1 Å². The third-order valence-electron chi connectivity index (χ3n) is 5.36. The molecule has 2 aromatic heterocycles. The summed E-state index contributed by atoms with van der Waals surface area (Å²) in [6.07, 6.45) is -1.24. The van der Waals surface area contributed by atoms with Crippen LogP contribution in [-0.2, 0) is 7.05 Å². The molecule has 0 unspecified atom stereocenters. The van der Waals surface area contributed by atoms with Crippen LogP contribution in [-0.4, -0.2) is 31.6 Å². The van der Waals surface area contributed by atoms with Crippen LogP contribution < -0.4 is 0 Å². The fourth-order valence-electron chi connectivity index (χ4n) is 4.08. The number of carboxylic acids is 1. The summed E-state index contributed by atoms with van der Waals surface area (Å²) in [5, 5.41) is 15.3. The first-order chi connectivity index (χ1) is 12.3. The molecule has 1 aliphatic rings. The molecule has 5 nitrogen and oxygen atoms in total. The number of aryl methyl sites for hydroxylation is 1. The van der Waals surface area contributed by atoms with E-state index in [9.17, 15) is 23.1 Å². The molecule has 0 saturated heterocycles. The Kier molecular flexibility index (Phi) is 3.75. The van der Waals surface area contributed by atoms with Crippen LogP contribution in [0.5, 0.6) is 0 Å². The predicted octanol–water partition coefficient (Wildman–Crippen LogP) is 4.52. The van der Waals surface area contributed by atoms with Gasteiger partial charge in [-0.1, -0.05) is 0 Å². The first kappa shape index (κ1) is 16.9. The Hall–Kier alpha value is -2.51. The maximum atomic E-state index is 13.0. The van der Waals surface area contributed by atoms with Gasteiger partial charge in [-0.05, 0) is 43.9 Å². The van der Waals surface area contributed by atoms with Crippen molar-refractivity contribution in [2.24, 2.45) is 13.0 Å². The first-order valence-corrected chi connectivity index (χ1v) is 8.53. The molecule has 138 valence electrons. The smallest absolute Gasteiger partial charge is 0.391 e. The van der Waals surface area contributed by atoms with Gasteiger partial charge in [0.25, 0.3) is 0 Å². The highest BCUT2D eigenvalue weighted by molar-refractivity contribution is 6.08. The molecule has 3 aromatic rings. The summed E-state index contributed by atoms with van der Waals surface area (Å²) in [5.74, 6) is -2.25. The molecule has 0 amide bonds. The number of rotatable bonds is 2. The Morgan fingerprint density at radius 1 is 1.19 bits per heavy atom. The molecule has 1 aromatic carbocycles. The number of benzene rings is 1. The van der Waals surface area contributed by atoms with Gasteiger partial charge in [-0.2, -0.15) is 18.3 Å². The van der Waals surface area contributed by atoms with Crippen molar-refractivity contribution in [2.75, 3.05) is 0 Å². The minimum atomic E-state index is -4.14. The second-order valence-electron chi connectivity index (χ2n) is 6.99. The number of fused-ring (bicyclic) bond motifs is 3. The molecule has 0 radical (unpaired) electrons. The zero-order chi connectivity index (χ0) is 18.6. The van der Waals surface area contributed by atoms with E-state index < -0.39 is 18.1 Å². The average molecular weight is 365 g/mol. The lowest BCUT2D eigenvalue weighted by Gasteiger charge is -2.31. The van der Waals surface area contributed by atoms with Gasteiger partial charge in [-0.15, -0.1) is 0 Å². The van der Waals surface area contributed by atoms with Gasteiger partial charge in [0, 0.05) is 30.1 Å². The molecule has 26 heavy (non-hydrogen) atoms. The Bertz CT molecular complexity index is 995. The highest BCUT2D eigenvalue weighted by Crippen LogP contribution is 2.43. The summed E-state index contributed by atoms with van der Waals surface area (Å²) < 4.78 is 42.5. The Morgan fingerprint density at radius 2 is 1.88 bits per heavy atom. The fraction of sp³-hybridized carbons (Fsp3) is 0.444. The number of aromatic carboxylic acids is 1. The number of hydrogen-bond acceptors (Lipinski definition) is 2. The van der Waals surface area contributed by atoms with Crippen LogP contribution in [0.4, 0.5) is 13.2 Å². The summed E-state index contributed by atoms with van der Waals surface area (Å²) in [4.78, 5) is 11.3. The molecule has 1 saturated carbocycles. The SMILES string of the molecule is Cn1cc2c3cc(C(=O)O)ccc3n(C3CCC(C(F)(F)F)CC3)c2n1. The van der Waals surface area contributed by atoms with Gasteiger partial charge < -0.3 is 9.67 Å². The Balaban J connectivity index is 1.80. The molecule has 4 rings (SSSR count). The van der Waals surface area contributed by atoms with Crippen molar-refractivity contribution < 1.29 is 23.1 Å². The van der Waals surface area contributed by atoms with Gasteiger partial charge in [-0.25, -0.2) is 4.79 Å². The zero-order valence-corrected chi connectivity index (χ0v) is 14.1. The van der Waals surface area contributed by atoms with Crippen LogP contribution in [0.3, 0.4) is 0 Å². The molecular weight excluding hydrogens is 347 g/mol. The van der Waals surface area contributed by atoms with Gasteiger partial charge in [0.2, 0.25) is 0 Å². The van der Waals surface area contributed by atoms with Crippen LogP contribution in [0.2, 0.25) is 0 Å². The maximum Gasteiger partial charge on any atom is 0.391 e. The number of alkyl halides is 3. The standard InChI is InChI=1S/C18H18F3N3O2/c1-23-9-14-13-8-10(17(25)26)2-7-15(13)24(16(14)22-23)12-5-3-11(4-6-12)18(19,20)21/h2,7-9,11-12H,3-6H2,1H3,(H,25,26). The zero-order valence-electron chi connectivity index (χ0n) is 14.1. The van der Waals surface area contributed by atoms with Gasteiger partial charge in [0.15, 0.2) is 5.65 Å². The summed E-state index contributed by atoms with van der Waals surface area (Å²) in [5.41, 5.74) is 1.70. The van der Waals surface area contributed by atoms with E-state index in [1.165, 1.54) is 6.07 Å². The second kappa shape index (κ2) is 5.75. The molecule has 1 aliphatic carbocycles. The molecule has 0 spiro atoms. The van der Waals surface area contributed by atoms with E-state index in [0.29, 0.717) is 18.5 Å². The van der Waals surface area contributed by atoms with Crippen LogP contribution in [0.1, 0.15) is 42.1 Å². The number of nitrogens with zero attached hydrogens (tertiary/aromatic N) is 3. The topological polar surface area (TPSA) is 60.1 Å². The van der Waals surface area contributed by atoms with E-state index >= 15 is 0 Å². The van der Waals surface area contributed by atoms with Crippen LogP contribution in [0.15, 0.2) is 24.4 Å². The van der Waals surface area contributed by atoms with Gasteiger partial charge in [-0.3, -0.25) is 4.68 Å². The lowest BCUT2D eigenvalue weighted by Crippen LogP contribution is -2.28. The third kappa shape index (κ3) is 2.64. The molecule has 1 N–H and O–H groups in total. The van der Waals surface area contributed by atoms with Gasteiger partial charge in [0.05, 0.1) is 17.0 Å². The number of carbonyl (C=O) groups is 1. The second-order valence-corrected chi connectivity index (χ2v) is 6.99. The maximum absolute atomic E-state index is 13.0. The van der Waals surface area contributed by atoms with Crippen molar-refractivity contribution in [3.05, 3.63) is 30.0 Å². The van der Waals surface area contributed by atoms with E-state index in [1.54, 1.807) is 23.9 Å². The monoisotopic (exact) mass is 365 g/mol. The first-order valence-electron chi connectivity index (χ1n) is 8.53. The summed E-state index contributed by atoms with van der Waals surface area (Å²) >= 11 is 0. The van der Waals surface area contributed by atoms with Crippen molar-refractivity contribution in [1.82, 2.24) is 14.3 Å². The number of carboxylic acid groups (broad SMARTS) is 1. The molecule has 2 heterocycles. The minimum absolute atomic E-state index is 0.0702. The van der Waals surface area contributed by atoms with Crippen LogP contribution >= 0.6 is 0 Å². The molecule has 0 atom stereocenters. The summed E-state index contributed by atoms with van der Waals surface area (Å²) in [7, 11) is 1.78. The lowest BCUT2D eigenvalue weighted by molar-refractivity contribution is -0.183. The molecule has 1 fully saturated rings. The van der Waals surface area contributed by atoms with E-state index in [2.05, 4.69) is 5.10 Å². The minimum Gasteiger partial charge on any atom is -0.478 e. The number of aromatic nitrogens is 3. The van der Waals surface area contributed by atoms with E-state index in [4.69, 9.17) is 0 Å². The average Bonchev–Trinajstić information content (AvgIpc) is 3.08.